The minimum Gasteiger partial charge on any atom is -0.458 e. The van der Waals surface area contributed by atoms with Crippen molar-refractivity contribution in [2.45, 2.75) is 141 Å². The molecule has 0 spiro atoms. The standard InChI is InChI=1S/C44H67N5O11/c1-11-33-44(8)38-27(4)35(45-17-18-49(38)42(53)60-44)25(2)20-43(7)39(59-41-36(51)32(48(9)10)19-26(3)57-41)28(5)37(29(6)40(52)58-33)54-22-31(23-55-43)47-56-24-34(50)46-21-30-15-13-12-14-16-30/h12-16,25-29,32-33,36-39,41,51H,11,17-24H2,1-10H3,(H,46,50)/t25-,26+,27+,28-,29-,32-,33+,36+,37+,38-,39+,41-,43-,44-/m1/s1. The number of fused-ring (bicyclic) bond motifs is 4. The highest BCUT2D eigenvalue weighted by atomic mass is 16.7. The third-order valence-electron chi connectivity index (χ3n) is 13.3. The molecule has 4 saturated heterocycles. The van der Waals surface area contributed by atoms with Gasteiger partial charge in [-0.15, -0.1) is 0 Å². The minimum absolute atomic E-state index is 0.0610. The predicted molar refractivity (Wildman–Crippen MR) is 222 cm³/mol. The molecule has 6 rings (SSSR count). The summed E-state index contributed by atoms with van der Waals surface area (Å²) in [6.45, 7) is 16.2. The number of esters is 1. The highest BCUT2D eigenvalue weighted by Gasteiger charge is 2.60. The number of nitrogens with zero attached hydrogens (tertiary/aromatic N) is 4. The minimum atomic E-state index is -1.16. The summed E-state index contributed by atoms with van der Waals surface area (Å²) in [6.07, 6.45) is -3.73. The number of rotatable bonds is 9. The normalized spacial score (nSPS) is 39.7. The molecule has 4 fully saturated rings. The Balaban J connectivity index is 1.39. The average Bonchev–Trinajstić information content (AvgIpc) is 3.35. The summed E-state index contributed by atoms with van der Waals surface area (Å²) in [6, 6.07) is 8.86. The van der Waals surface area contributed by atoms with Crippen molar-refractivity contribution in [2.75, 3.05) is 47.0 Å². The third-order valence-corrected chi connectivity index (χ3v) is 13.3. The lowest BCUT2D eigenvalue weighted by Gasteiger charge is -2.48. The van der Waals surface area contributed by atoms with E-state index < -0.39 is 71.8 Å². The van der Waals surface area contributed by atoms with E-state index in [4.69, 9.17) is 38.3 Å². The lowest BCUT2D eigenvalue weighted by Crippen LogP contribution is -2.60. The van der Waals surface area contributed by atoms with Gasteiger partial charge in [-0.2, -0.15) is 0 Å². The maximum atomic E-state index is 14.5. The van der Waals surface area contributed by atoms with Crippen molar-refractivity contribution in [3.63, 3.8) is 0 Å². The van der Waals surface area contributed by atoms with Crippen LogP contribution in [0.25, 0.3) is 0 Å². The second-order valence-electron chi connectivity index (χ2n) is 18.1. The van der Waals surface area contributed by atoms with E-state index in [1.54, 1.807) is 11.8 Å². The van der Waals surface area contributed by atoms with E-state index in [0.717, 1.165) is 11.3 Å². The fourth-order valence-electron chi connectivity index (χ4n) is 10.2. The SMILES string of the molecule is CC[C@@H]1OC(=O)[C@H](C)[C@H]2OCC(=NOCC(=O)NCc3ccccc3)CO[C@](C)(C[C@@H](C)C3=NCCN4C(=O)O[C@@]1(C)[C@H]4[C@H]3C)[C@@H](O[C@H]1O[C@@H](C)C[C@@H](N(C)C)[C@@H]1O)[C@@H]2C. The van der Waals surface area contributed by atoms with Crippen LogP contribution in [0, 0.1) is 23.7 Å². The first-order valence-corrected chi connectivity index (χ1v) is 21.6. The van der Waals surface area contributed by atoms with Crippen molar-refractivity contribution in [1.29, 1.82) is 0 Å². The van der Waals surface area contributed by atoms with Gasteiger partial charge in [0, 0.05) is 36.7 Å². The molecule has 0 unspecified atom stereocenters. The molecule has 0 aliphatic carbocycles. The number of ether oxygens (including phenoxy) is 6. The van der Waals surface area contributed by atoms with Crippen molar-refractivity contribution in [1.82, 2.24) is 15.1 Å². The average molecular weight is 842 g/mol. The van der Waals surface area contributed by atoms with E-state index in [9.17, 15) is 19.5 Å². The summed E-state index contributed by atoms with van der Waals surface area (Å²) in [7, 11) is 3.84. The zero-order chi connectivity index (χ0) is 43.5. The van der Waals surface area contributed by atoms with Crippen LogP contribution in [0.15, 0.2) is 40.5 Å². The van der Waals surface area contributed by atoms with Crippen LogP contribution in [0.4, 0.5) is 4.79 Å². The fourth-order valence-corrected chi connectivity index (χ4v) is 10.2. The molecule has 14 atom stereocenters. The van der Waals surface area contributed by atoms with Gasteiger partial charge >= 0.3 is 12.1 Å². The van der Waals surface area contributed by atoms with E-state index in [1.807, 2.05) is 83.9 Å². The van der Waals surface area contributed by atoms with Gasteiger partial charge in [0.1, 0.15) is 17.9 Å². The number of oxime groups is 1. The fraction of sp³-hybridized carbons (Fsp3) is 0.750. The number of aliphatic hydroxyl groups is 1. The zero-order valence-electron chi connectivity index (χ0n) is 37.0. The third kappa shape index (κ3) is 9.68. The van der Waals surface area contributed by atoms with Crippen molar-refractivity contribution >= 4 is 29.4 Å². The quantitative estimate of drug-likeness (QED) is 0.271. The van der Waals surface area contributed by atoms with Gasteiger partial charge in [0.05, 0.1) is 55.6 Å². The number of cyclic esters (lactones) is 1. The number of aliphatic imine (C=N–C) groups is 1. The van der Waals surface area contributed by atoms with Gasteiger partial charge < -0.3 is 48.6 Å². The molecule has 5 aliphatic heterocycles. The van der Waals surface area contributed by atoms with E-state index in [1.165, 1.54) is 0 Å². The summed E-state index contributed by atoms with van der Waals surface area (Å²) in [5.41, 5.74) is -0.104. The summed E-state index contributed by atoms with van der Waals surface area (Å²) >= 11 is 0. The Kier molecular flexibility index (Phi) is 14.6. The Bertz CT molecular complexity index is 1730. The smallest absolute Gasteiger partial charge is 0.410 e. The maximum absolute atomic E-state index is 14.5. The first kappa shape index (κ1) is 45.8. The summed E-state index contributed by atoms with van der Waals surface area (Å²) in [4.78, 5) is 55.2. The lowest BCUT2D eigenvalue weighted by atomic mass is 9.72. The molecule has 4 bridgehead atoms. The Morgan fingerprint density at radius 1 is 1.08 bits per heavy atom. The van der Waals surface area contributed by atoms with Crippen LogP contribution in [0.2, 0.25) is 0 Å². The highest BCUT2D eigenvalue weighted by molar-refractivity contribution is 5.91. The molecular weight excluding hydrogens is 775 g/mol. The molecule has 5 aliphatic rings. The number of aliphatic hydroxyl groups excluding tert-OH is 1. The van der Waals surface area contributed by atoms with E-state index in [2.05, 4.69) is 24.3 Å². The van der Waals surface area contributed by atoms with Crippen LogP contribution in [0.3, 0.4) is 0 Å². The molecule has 5 heterocycles. The van der Waals surface area contributed by atoms with Gasteiger partial charge in [-0.3, -0.25) is 19.5 Å². The monoisotopic (exact) mass is 841 g/mol. The summed E-state index contributed by atoms with van der Waals surface area (Å²) in [5, 5.41) is 18.9. The largest absolute Gasteiger partial charge is 0.458 e. The first-order valence-electron chi connectivity index (χ1n) is 21.6. The maximum Gasteiger partial charge on any atom is 0.410 e. The number of benzene rings is 1. The number of hydrogen-bond acceptors (Lipinski definition) is 14. The Morgan fingerprint density at radius 3 is 2.52 bits per heavy atom. The van der Waals surface area contributed by atoms with Gasteiger partial charge in [0.2, 0.25) is 0 Å². The van der Waals surface area contributed by atoms with Crippen LogP contribution < -0.4 is 5.32 Å². The molecular formula is C44H67N5O11. The second-order valence-corrected chi connectivity index (χ2v) is 18.1. The van der Waals surface area contributed by atoms with Crippen molar-refractivity contribution < 1.29 is 52.7 Å². The highest BCUT2D eigenvalue weighted by Crippen LogP contribution is 2.45. The van der Waals surface area contributed by atoms with Crippen LogP contribution in [-0.2, 0) is 49.4 Å². The van der Waals surface area contributed by atoms with Gasteiger partial charge in [-0.05, 0) is 72.5 Å². The molecule has 2 amide bonds. The number of amides is 2. The van der Waals surface area contributed by atoms with Gasteiger partial charge in [-0.25, -0.2) is 4.79 Å². The molecule has 16 heteroatoms. The molecule has 0 aromatic heterocycles. The summed E-state index contributed by atoms with van der Waals surface area (Å²) < 4.78 is 39.6. The molecule has 0 saturated carbocycles. The first-order chi connectivity index (χ1) is 28.5. The van der Waals surface area contributed by atoms with E-state index >= 15 is 0 Å². The van der Waals surface area contributed by atoms with Gasteiger partial charge in [-0.1, -0.05) is 63.2 Å². The van der Waals surface area contributed by atoms with Crippen LogP contribution in [-0.4, -0.2) is 151 Å². The number of carbonyl (C=O) groups is 3. The van der Waals surface area contributed by atoms with Gasteiger partial charge in [0.25, 0.3) is 5.91 Å². The molecule has 0 radical (unpaired) electrons. The van der Waals surface area contributed by atoms with Crippen molar-refractivity contribution in [3.8, 4) is 0 Å². The van der Waals surface area contributed by atoms with Gasteiger partial charge in [0.15, 0.2) is 18.5 Å². The number of carbonyl (C=O) groups excluding carboxylic acids is 3. The van der Waals surface area contributed by atoms with Crippen LogP contribution >= 0.6 is 0 Å². The molecule has 1 aromatic rings. The molecule has 60 heavy (non-hydrogen) atoms. The van der Waals surface area contributed by atoms with Crippen molar-refractivity contribution in [3.05, 3.63) is 35.9 Å². The number of nitrogens with one attached hydrogen (secondary N) is 1. The zero-order valence-corrected chi connectivity index (χ0v) is 37.0. The number of likely N-dealkylation sites (N-methyl/N-ethyl adjacent to an activating group) is 1. The molecule has 334 valence electrons. The van der Waals surface area contributed by atoms with Crippen LogP contribution in [0.5, 0.6) is 0 Å². The lowest BCUT2D eigenvalue weighted by molar-refractivity contribution is -0.302. The Labute approximate surface area is 354 Å². The summed E-state index contributed by atoms with van der Waals surface area (Å²) in [5.74, 6) is -2.78. The number of hydrogen-bond donors (Lipinski definition) is 2. The molecule has 2 N–H and O–H groups in total. The topological polar surface area (TPSA) is 179 Å². The predicted octanol–water partition coefficient (Wildman–Crippen LogP) is 3.96. The second kappa shape index (κ2) is 19.2. The Hall–Kier alpha value is -3.67. The molecule has 16 nitrogen and oxygen atoms in total. The van der Waals surface area contributed by atoms with E-state index in [-0.39, 0.29) is 49.7 Å². The molecule has 1 aromatic carbocycles. The Morgan fingerprint density at radius 2 is 1.82 bits per heavy atom. The van der Waals surface area contributed by atoms with Crippen molar-refractivity contribution in [2.24, 2.45) is 33.8 Å². The van der Waals surface area contributed by atoms with E-state index in [0.29, 0.717) is 44.6 Å². The van der Waals surface area contributed by atoms with Crippen LogP contribution in [0.1, 0.15) is 80.2 Å².